The maximum atomic E-state index is 13.9. The Morgan fingerprint density at radius 1 is 1.00 bits per heavy atom. The van der Waals surface area contributed by atoms with E-state index in [0.29, 0.717) is 28.6 Å². The molecule has 1 aliphatic heterocycles. The van der Waals surface area contributed by atoms with Crippen LogP contribution in [0.5, 0.6) is 0 Å². The summed E-state index contributed by atoms with van der Waals surface area (Å²) in [6.07, 6.45) is 5.93. The molecule has 4 aromatic rings. The van der Waals surface area contributed by atoms with Crippen molar-refractivity contribution in [3.8, 4) is 0 Å². The van der Waals surface area contributed by atoms with Gasteiger partial charge in [0.1, 0.15) is 18.4 Å². The predicted octanol–water partition coefficient (Wildman–Crippen LogP) is 5.73. The van der Waals surface area contributed by atoms with Gasteiger partial charge in [-0.25, -0.2) is 19.4 Å². The molecule has 0 bridgehead atoms. The number of ether oxygens (including phenoxy) is 2. The summed E-state index contributed by atoms with van der Waals surface area (Å²) in [5, 5.41) is 6.00. The number of furan rings is 1. The van der Waals surface area contributed by atoms with E-state index in [2.05, 4.69) is 16.7 Å². The van der Waals surface area contributed by atoms with Crippen LogP contribution < -0.4 is 10.6 Å². The van der Waals surface area contributed by atoms with E-state index in [4.69, 9.17) is 18.9 Å². The van der Waals surface area contributed by atoms with E-state index < -0.39 is 24.0 Å². The second-order valence-electron chi connectivity index (χ2n) is 10.0. The monoisotopic (exact) mass is 563 g/mol. The lowest BCUT2D eigenvalue weighted by Gasteiger charge is -2.28. The van der Waals surface area contributed by atoms with Crippen LogP contribution >= 0.6 is 0 Å². The zero-order chi connectivity index (χ0) is 29.1. The zero-order valence-electron chi connectivity index (χ0n) is 23.0. The van der Waals surface area contributed by atoms with E-state index >= 15 is 0 Å². The molecule has 0 saturated heterocycles. The Kier molecular flexibility index (Phi) is 7.55. The van der Waals surface area contributed by atoms with Crippen molar-refractivity contribution in [3.63, 3.8) is 0 Å². The van der Waals surface area contributed by atoms with Crippen LogP contribution in [0.1, 0.15) is 58.7 Å². The van der Waals surface area contributed by atoms with Gasteiger partial charge in [-0.3, -0.25) is 0 Å². The number of aromatic nitrogens is 1. The number of esters is 2. The zero-order valence-corrected chi connectivity index (χ0v) is 23.0. The summed E-state index contributed by atoms with van der Waals surface area (Å²) in [5.41, 5.74) is 5.09. The molecule has 2 aliphatic rings. The van der Waals surface area contributed by atoms with E-state index in [1.807, 2.05) is 54.6 Å². The fraction of sp³-hybridized carbons (Fsp3) is 0.212. The van der Waals surface area contributed by atoms with Gasteiger partial charge in [-0.15, -0.1) is 0 Å². The van der Waals surface area contributed by atoms with Crippen molar-refractivity contribution in [2.24, 2.45) is 0 Å². The van der Waals surface area contributed by atoms with Crippen molar-refractivity contribution in [3.05, 3.63) is 112 Å². The second-order valence-corrected chi connectivity index (χ2v) is 10.0. The average Bonchev–Trinajstić information content (AvgIpc) is 3.54. The number of allylic oxidation sites excluding steroid dienone is 1. The summed E-state index contributed by atoms with van der Waals surface area (Å²) in [5.74, 6) is -0.868. The lowest BCUT2D eigenvalue weighted by molar-refractivity contribution is -0.139. The number of amides is 2. The summed E-state index contributed by atoms with van der Waals surface area (Å²) in [7, 11) is 0. The third kappa shape index (κ3) is 5.28. The predicted molar refractivity (Wildman–Crippen MR) is 156 cm³/mol. The standard InChI is InChI=1S/C33H29N3O6/c1-2-40-32(38)28-25(35-33(39)36-30(28)26-16-9-17-41-26)19-42-31(37)27-22-13-6-7-15-24(22)34-29-21(12-8-14-23(27)29)18-20-10-4-3-5-11-20/h3-7,9-11,13,15-18,30H,2,8,12,14,19H2,1H3,(H2,35,36,39)/b21-18+. The highest BCUT2D eigenvalue weighted by molar-refractivity contribution is 6.07. The van der Waals surface area contributed by atoms with Gasteiger partial charge in [-0.05, 0) is 67.2 Å². The van der Waals surface area contributed by atoms with Gasteiger partial charge in [-0.2, -0.15) is 0 Å². The Labute approximate surface area is 242 Å². The maximum absolute atomic E-state index is 13.9. The van der Waals surface area contributed by atoms with Crippen LogP contribution in [0.3, 0.4) is 0 Å². The van der Waals surface area contributed by atoms with Crippen LogP contribution in [-0.4, -0.2) is 36.2 Å². The number of nitrogens with zero attached hydrogens (tertiary/aromatic N) is 1. The van der Waals surface area contributed by atoms with E-state index in [0.717, 1.165) is 35.2 Å². The molecule has 2 aromatic carbocycles. The number of carbonyl (C=O) groups excluding carboxylic acids is 3. The number of hydrogen-bond donors (Lipinski definition) is 2. The van der Waals surface area contributed by atoms with Gasteiger partial charge in [-0.1, -0.05) is 48.5 Å². The smallest absolute Gasteiger partial charge is 0.339 e. The van der Waals surface area contributed by atoms with Gasteiger partial charge in [0.2, 0.25) is 0 Å². The first kappa shape index (κ1) is 27.0. The van der Waals surface area contributed by atoms with Gasteiger partial charge < -0.3 is 24.5 Å². The molecule has 1 unspecified atom stereocenters. The van der Waals surface area contributed by atoms with Crippen molar-refractivity contribution < 1.29 is 28.3 Å². The van der Waals surface area contributed by atoms with E-state index in [9.17, 15) is 14.4 Å². The first-order chi connectivity index (χ1) is 20.5. The van der Waals surface area contributed by atoms with Crippen LogP contribution in [0, 0.1) is 0 Å². The number of benzene rings is 2. The van der Waals surface area contributed by atoms with Gasteiger partial charge in [0.25, 0.3) is 0 Å². The highest BCUT2D eigenvalue weighted by Crippen LogP contribution is 2.37. The Morgan fingerprint density at radius 3 is 2.60 bits per heavy atom. The van der Waals surface area contributed by atoms with Gasteiger partial charge in [0.05, 0.1) is 40.9 Å². The van der Waals surface area contributed by atoms with Crippen molar-refractivity contribution in [1.82, 2.24) is 15.6 Å². The molecule has 3 heterocycles. The minimum absolute atomic E-state index is 0.105. The molecular formula is C33H29N3O6. The topological polar surface area (TPSA) is 120 Å². The van der Waals surface area contributed by atoms with Crippen molar-refractivity contribution >= 4 is 40.5 Å². The molecule has 2 amide bonds. The molecule has 0 fully saturated rings. The highest BCUT2D eigenvalue weighted by Gasteiger charge is 2.36. The fourth-order valence-corrected chi connectivity index (χ4v) is 5.52. The molecule has 6 rings (SSSR count). The minimum Gasteiger partial charge on any atom is -0.467 e. The molecular weight excluding hydrogens is 534 g/mol. The fourth-order valence-electron chi connectivity index (χ4n) is 5.52. The van der Waals surface area contributed by atoms with Crippen LogP contribution in [-0.2, 0) is 20.7 Å². The second kappa shape index (κ2) is 11.7. The van der Waals surface area contributed by atoms with Crippen molar-refractivity contribution in [2.75, 3.05) is 13.2 Å². The number of para-hydroxylation sites is 1. The van der Waals surface area contributed by atoms with Gasteiger partial charge in [0, 0.05) is 5.39 Å². The summed E-state index contributed by atoms with van der Waals surface area (Å²) in [4.78, 5) is 44.4. The number of urea groups is 1. The quantitative estimate of drug-likeness (QED) is 0.276. The molecule has 0 spiro atoms. The Morgan fingerprint density at radius 2 is 1.81 bits per heavy atom. The molecule has 0 radical (unpaired) electrons. The van der Waals surface area contributed by atoms with Gasteiger partial charge in [0.15, 0.2) is 0 Å². The highest BCUT2D eigenvalue weighted by atomic mass is 16.5. The van der Waals surface area contributed by atoms with E-state index in [1.165, 1.54) is 6.26 Å². The summed E-state index contributed by atoms with van der Waals surface area (Å²) in [6, 6.07) is 19.4. The number of hydrogen-bond acceptors (Lipinski definition) is 7. The molecule has 2 N–H and O–H groups in total. The number of carbonyl (C=O) groups is 3. The van der Waals surface area contributed by atoms with Crippen LogP contribution in [0.15, 0.2) is 88.7 Å². The van der Waals surface area contributed by atoms with Crippen LogP contribution in [0.4, 0.5) is 4.79 Å². The van der Waals surface area contributed by atoms with E-state index in [-0.39, 0.29) is 24.5 Å². The molecule has 2 aromatic heterocycles. The minimum atomic E-state index is -0.901. The first-order valence-corrected chi connectivity index (χ1v) is 13.9. The van der Waals surface area contributed by atoms with Crippen molar-refractivity contribution in [1.29, 1.82) is 0 Å². The molecule has 1 aliphatic carbocycles. The lowest BCUT2D eigenvalue weighted by atomic mass is 9.86. The third-order valence-corrected chi connectivity index (χ3v) is 7.34. The average molecular weight is 564 g/mol. The molecule has 42 heavy (non-hydrogen) atoms. The Hall–Kier alpha value is -5.18. The number of rotatable bonds is 7. The third-order valence-electron chi connectivity index (χ3n) is 7.34. The summed E-state index contributed by atoms with van der Waals surface area (Å²) < 4.78 is 16.6. The molecule has 0 saturated carbocycles. The Balaban J connectivity index is 1.39. The molecule has 1 atom stereocenters. The first-order valence-electron chi connectivity index (χ1n) is 13.9. The van der Waals surface area contributed by atoms with Gasteiger partial charge >= 0.3 is 18.0 Å². The number of pyridine rings is 1. The summed E-state index contributed by atoms with van der Waals surface area (Å²) in [6.45, 7) is 1.46. The van der Waals surface area contributed by atoms with E-state index in [1.54, 1.807) is 19.1 Å². The molecule has 9 heteroatoms. The van der Waals surface area contributed by atoms with Crippen molar-refractivity contribution in [2.45, 2.75) is 32.2 Å². The largest absolute Gasteiger partial charge is 0.467 e. The molecule has 212 valence electrons. The number of nitrogens with one attached hydrogen (secondary N) is 2. The lowest BCUT2D eigenvalue weighted by Crippen LogP contribution is -2.47. The Bertz CT molecular complexity index is 1720. The summed E-state index contributed by atoms with van der Waals surface area (Å²) >= 11 is 0. The van der Waals surface area contributed by atoms with Crippen LogP contribution in [0.2, 0.25) is 0 Å². The SMILES string of the molecule is CCOC(=O)C1=C(COC(=O)c2c3c(nc4ccccc24)/C(=C/c2ccccc2)CCC3)NC(=O)NC1c1ccco1. The molecule has 9 nitrogen and oxygen atoms in total. The number of fused-ring (bicyclic) bond motifs is 2. The normalized spacial score (nSPS) is 17.4. The maximum Gasteiger partial charge on any atom is 0.339 e. The van der Waals surface area contributed by atoms with Crippen LogP contribution in [0.25, 0.3) is 22.6 Å².